The molecule has 1 atom stereocenters. The van der Waals surface area contributed by atoms with Gasteiger partial charge in [0.15, 0.2) is 17.7 Å². The first-order valence-electron chi connectivity index (χ1n) is 8.56. The lowest BCUT2D eigenvalue weighted by Crippen LogP contribution is -2.30. The summed E-state index contributed by atoms with van der Waals surface area (Å²) in [7, 11) is 0. The zero-order chi connectivity index (χ0) is 19.8. The standard InChI is InChI=1S/C20H21F2NO4/c1-3-26-18-7-5-4-6-14(18)8-11-19(24)27-13(2)20(25)23-15-9-10-16(21)17(22)12-15/h4-7,9-10,12-13H,3,8,11H2,1-2H3,(H,23,25)/t13-/m1/s1. The number of aryl methyl sites for hydroxylation is 1. The molecule has 0 heterocycles. The molecular formula is C20H21F2NO4. The molecule has 144 valence electrons. The van der Waals surface area contributed by atoms with Gasteiger partial charge in [0.05, 0.1) is 6.61 Å². The number of anilines is 1. The van der Waals surface area contributed by atoms with Crippen LogP contribution in [0.5, 0.6) is 5.75 Å². The number of halogens is 2. The highest BCUT2D eigenvalue weighted by Crippen LogP contribution is 2.20. The first-order chi connectivity index (χ1) is 12.9. The highest BCUT2D eigenvalue weighted by molar-refractivity contribution is 5.95. The van der Waals surface area contributed by atoms with Crippen LogP contribution in [-0.4, -0.2) is 24.6 Å². The van der Waals surface area contributed by atoms with E-state index in [0.717, 1.165) is 17.7 Å². The number of para-hydroxylation sites is 1. The average molecular weight is 377 g/mol. The molecular weight excluding hydrogens is 356 g/mol. The fourth-order valence-corrected chi connectivity index (χ4v) is 2.37. The summed E-state index contributed by atoms with van der Waals surface area (Å²) in [4.78, 5) is 24.0. The molecule has 0 aromatic heterocycles. The van der Waals surface area contributed by atoms with Crippen molar-refractivity contribution < 1.29 is 27.8 Å². The summed E-state index contributed by atoms with van der Waals surface area (Å²) < 4.78 is 36.7. The Labute approximate surface area is 156 Å². The first kappa shape index (κ1) is 20.4. The molecule has 27 heavy (non-hydrogen) atoms. The summed E-state index contributed by atoms with van der Waals surface area (Å²) in [5, 5.41) is 2.37. The van der Waals surface area contributed by atoms with Gasteiger partial charge >= 0.3 is 5.97 Å². The Morgan fingerprint density at radius 2 is 1.85 bits per heavy atom. The highest BCUT2D eigenvalue weighted by Gasteiger charge is 2.19. The van der Waals surface area contributed by atoms with Gasteiger partial charge in [0.25, 0.3) is 5.91 Å². The molecule has 0 aliphatic heterocycles. The summed E-state index contributed by atoms with van der Waals surface area (Å²) >= 11 is 0. The third-order valence-electron chi connectivity index (χ3n) is 3.74. The molecule has 0 saturated carbocycles. The van der Waals surface area contributed by atoms with Crippen molar-refractivity contribution in [2.24, 2.45) is 0 Å². The second kappa shape index (κ2) is 9.66. The molecule has 0 unspecified atom stereocenters. The molecule has 7 heteroatoms. The number of carbonyl (C=O) groups is 2. The maximum Gasteiger partial charge on any atom is 0.306 e. The second-order valence-electron chi connectivity index (χ2n) is 5.79. The first-order valence-corrected chi connectivity index (χ1v) is 8.56. The van der Waals surface area contributed by atoms with Crippen LogP contribution < -0.4 is 10.1 Å². The number of rotatable bonds is 8. The lowest BCUT2D eigenvalue weighted by molar-refractivity contribution is -0.153. The summed E-state index contributed by atoms with van der Waals surface area (Å²) in [5.41, 5.74) is 0.947. The van der Waals surface area contributed by atoms with Crippen LogP contribution in [0.15, 0.2) is 42.5 Å². The quantitative estimate of drug-likeness (QED) is 0.710. The van der Waals surface area contributed by atoms with Crippen LogP contribution in [0.2, 0.25) is 0 Å². The number of benzene rings is 2. The Hall–Kier alpha value is -2.96. The van der Waals surface area contributed by atoms with Crippen LogP contribution in [0, 0.1) is 11.6 Å². The number of ether oxygens (including phenoxy) is 2. The Bertz CT molecular complexity index is 810. The summed E-state index contributed by atoms with van der Waals surface area (Å²) in [6, 6.07) is 10.3. The van der Waals surface area contributed by atoms with Crippen molar-refractivity contribution >= 4 is 17.6 Å². The van der Waals surface area contributed by atoms with Crippen LogP contribution in [-0.2, 0) is 20.7 Å². The maximum atomic E-state index is 13.2. The SMILES string of the molecule is CCOc1ccccc1CCC(=O)O[C@H](C)C(=O)Nc1ccc(F)c(F)c1. The lowest BCUT2D eigenvalue weighted by Gasteiger charge is -2.14. The zero-order valence-electron chi connectivity index (χ0n) is 15.1. The van der Waals surface area contributed by atoms with E-state index in [9.17, 15) is 18.4 Å². The predicted molar refractivity (Wildman–Crippen MR) is 96.5 cm³/mol. The minimum Gasteiger partial charge on any atom is -0.494 e. The molecule has 0 saturated heterocycles. The van der Waals surface area contributed by atoms with E-state index < -0.39 is 29.6 Å². The molecule has 0 aliphatic rings. The van der Waals surface area contributed by atoms with Crippen molar-refractivity contribution in [3.8, 4) is 5.75 Å². The minimum atomic E-state index is -1.08. The van der Waals surface area contributed by atoms with Crippen molar-refractivity contribution in [3.63, 3.8) is 0 Å². The van der Waals surface area contributed by atoms with Gasteiger partial charge in [0, 0.05) is 18.2 Å². The van der Waals surface area contributed by atoms with E-state index in [1.807, 2.05) is 31.2 Å². The van der Waals surface area contributed by atoms with E-state index in [0.29, 0.717) is 18.8 Å². The van der Waals surface area contributed by atoms with Gasteiger partial charge in [0.1, 0.15) is 5.75 Å². The third kappa shape index (κ3) is 6.06. The molecule has 5 nitrogen and oxygen atoms in total. The van der Waals surface area contributed by atoms with Gasteiger partial charge in [-0.3, -0.25) is 9.59 Å². The molecule has 1 N–H and O–H groups in total. The lowest BCUT2D eigenvalue weighted by atomic mass is 10.1. The summed E-state index contributed by atoms with van der Waals surface area (Å²) in [5.74, 6) is -2.57. The second-order valence-corrected chi connectivity index (χ2v) is 5.79. The minimum absolute atomic E-state index is 0.0763. The summed E-state index contributed by atoms with van der Waals surface area (Å²) in [6.45, 7) is 3.79. The molecule has 0 bridgehead atoms. The summed E-state index contributed by atoms with van der Waals surface area (Å²) in [6.07, 6.45) is -0.591. The number of nitrogens with one attached hydrogen (secondary N) is 1. The fourth-order valence-electron chi connectivity index (χ4n) is 2.37. The number of carbonyl (C=O) groups excluding carboxylic acids is 2. The van der Waals surface area contributed by atoms with Gasteiger partial charge in [-0.25, -0.2) is 8.78 Å². The molecule has 2 rings (SSSR count). The van der Waals surface area contributed by atoms with E-state index in [4.69, 9.17) is 9.47 Å². The van der Waals surface area contributed by atoms with E-state index in [1.54, 1.807) is 0 Å². The molecule has 0 radical (unpaired) electrons. The normalized spacial score (nSPS) is 11.6. The van der Waals surface area contributed by atoms with E-state index in [2.05, 4.69) is 5.32 Å². The molecule has 1 amide bonds. The van der Waals surface area contributed by atoms with Crippen LogP contribution in [0.25, 0.3) is 0 Å². The van der Waals surface area contributed by atoms with Crippen molar-refractivity contribution in [3.05, 3.63) is 59.7 Å². The number of esters is 1. The van der Waals surface area contributed by atoms with Crippen molar-refractivity contribution in [2.75, 3.05) is 11.9 Å². The van der Waals surface area contributed by atoms with Gasteiger partial charge in [-0.05, 0) is 44.0 Å². The van der Waals surface area contributed by atoms with Crippen molar-refractivity contribution in [2.45, 2.75) is 32.8 Å². The Morgan fingerprint density at radius 1 is 1.11 bits per heavy atom. The predicted octanol–water partition coefficient (Wildman–Crippen LogP) is 3.87. The molecule has 2 aromatic carbocycles. The molecule has 2 aromatic rings. The van der Waals surface area contributed by atoms with Gasteiger partial charge in [-0.15, -0.1) is 0 Å². The Morgan fingerprint density at radius 3 is 2.56 bits per heavy atom. The zero-order valence-corrected chi connectivity index (χ0v) is 15.1. The van der Waals surface area contributed by atoms with Gasteiger partial charge in [-0.1, -0.05) is 18.2 Å². The van der Waals surface area contributed by atoms with Crippen LogP contribution >= 0.6 is 0 Å². The van der Waals surface area contributed by atoms with E-state index >= 15 is 0 Å². The van der Waals surface area contributed by atoms with Crippen LogP contribution in [0.3, 0.4) is 0 Å². The van der Waals surface area contributed by atoms with Gasteiger partial charge < -0.3 is 14.8 Å². The maximum absolute atomic E-state index is 13.2. The van der Waals surface area contributed by atoms with Crippen molar-refractivity contribution in [1.82, 2.24) is 0 Å². The van der Waals surface area contributed by atoms with Gasteiger partial charge in [-0.2, -0.15) is 0 Å². The van der Waals surface area contributed by atoms with Crippen LogP contribution in [0.4, 0.5) is 14.5 Å². The smallest absolute Gasteiger partial charge is 0.306 e. The Kier molecular flexibility index (Phi) is 7.28. The highest BCUT2D eigenvalue weighted by atomic mass is 19.2. The van der Waals surface area contributed by atoms with Crippen molar-refractivity contribution in [1.29, 1.82) is 0 Å². The number of hydrogen-bond acceptors (Lipinski definition) is 4. The third-order valence-corrected chi connectivity index (χ3v) is 3.74. The van der Waals surface area contributed by atoms with E-state index in [-0.39, 0.29) is 12.1 Å². The topological polar surface area (TPSA) is 64.6 Å². The molecule has 0 fully saturated rings. The monoisotopic (exact) mass is 377 g/mol. The Balaban J connectivity index is 1.85. The molecule has 0 spiro atoms. The number of amides is 1. The average Bonchev–Trinajstić information content (AvgIpc) is 2.64. The van der Waals surface area contributed by atoms with Gasteiger partial charge in [0.2, 0.25) is 0 Å². The molecule has 0 aliphatic carbocycles. The largest absolute Gasteiger partial charge is 0.494 e. The number of hydrogen-bond donors (Lipinski definition) is 1. The van der Waals surface area contributed by atoms with Crippen LogP contribution in [0.1, 0.15) is 25.8 Å². The fraction of sp³-hybridized carbons (Fsp3) is 0.300. The van der Waals surface area contributed by atoms with E-state index in [1.165, 1.54) is 13.0 Å².